The third-order valence-electron chi connectivity index (χ3n) is 8.59. The Bertz CT molecular complexity index is 1710. The van der Waals surface area contributed by atoms with Gasteiger partial charge in [-0.25, -0.2) is 0 Å². The minimum Gasteiger partial charge on any atom is -0.340 e. The summed E-state index contributed by atoms with van der Waals surface area (Å²) in [6.07, 6.45) is 5.22. The number of halogens is 2. The van der Waals surface area contributed by atoms with E-state index in [4.69, 9.17) is 9.79 Å². The van der Waals surface area contributed by atoms with Crippen molar-refractivity contribution in [3.8, 4) is 0 Å². The summed E-state index contributed by atoms with van der Waals surface area (Å²) in [7, 11) is -4.13. The molecule has 5 rings (SSSR count). The van der Waals surface area contributed by atoms with E-state index in [0.29, 0.717) is 35.9 Å². The molecule has 4 atom stereocenters. The van der Waals surface area contributed by atoms with Gasteiger partial charge in [-0.05, 0) is 67.8 Å². The van der Waals surface area contributed by atoms with Crippen molar-refractivity contribution < 1.29 is 37.5 Å². The molecule has 0 spiro atoms. The lowest BCUT2D eigenvalue weighted by Crippen LogP contribution is -2.56. The number of aromatic amines is 1. The van der Waals surface area contributed by atoms with E-state index >= 15 is 0 Å². The Balaban J connectivity index is 1.34. The van der Waals surface area contributed by atoms with Gasteiger partial charge in [0.15, 0.2) is 0 Å². The number of likely N-dealkylation sites (N-methyl/N-ethyl adjacent to an activating group) is 1. The van der Waals surface area contributed by atoms with Gasteiger partial charge in [0.2, 0.25) is 17.4 Å². The van der Waals surface area contributed by atoms with Crippen molar-refractivity contribution in [2.75, 3.05) is 7.05 Å². The Hall–Kier alpha value is -3.45. The lowest BCUT2D eigenvalue weighted by Gasteiger charge is -2.37. The molecule has 1 aromatic carbocycles. The highest BCUT2D eigenvalue weighted by atomic mass is 32.1. The van der Waals surface area contributed by atoms with Crippen LogP contribution in [0.5, 0.6) is 0 Å². The van der Waals surface area contributed by atoms with Crippen molar-refractivity contribution in [1.29, 1.82) is 0 Å². The van der Waals surface area contributed by atoms with E-state index in [1.54, 1.807) is 24.9 Å². The average molecular weight is 651 g/mol. The van der Waals surface area contributed by atoms with Crippen molar-refractivity contribution in [2.24, 2.45) is 0 Å². The third kappa shape index (κ3) is 6.08. The summed E-state index contributed by atoms with van der Waals surface area (Å²) in [5, 5.41) is 2.99. The first-order valence-electron chi connectivity index (χ1n) is 14.2. The molecule has 15 heteroatoms. The number of aromatic nitrogens is 1. The summed E-state index contributed by atoms with van der Waals surface area (Å²) in [6.45, 7) is 1.80. The fourth-order valence-electron chi connectivity index (χ4n) is 6.02. The fraction of sp³-hybridized carbons (Fsp3) is 0.448. The predicted molar refractivity (Wildman–Crippen MR) is 159 cm³/mol. The number of rotatable bonds is 7. The topological polar surface area (TPSA) is 160 Å². The van der Waals surface area contributed by atoms with Gasteiger partial charge in [0.05, 0.1) is 10.9 Å². The number of nitrogens with zero attached hydrogens (tertiary/aromatic N) is 2. The van der Waals surface area contributed by atoms with Crippen LogP contribution in [0.4, 0.5) is 8.78 Å². The number of thiophene rings is 1. The highest BCUT2D eigenvalue weighted by Crippen LogP contribution is 2.59. The molecule has 3 amide bonds. The highest BCUT2D eigenvalue weighted by Gasteiger charge is 2.50. The van der Waals surface area contributed by atoms with E-state index in [9.17, 15) is 32.5 Å². The van der Waals surface area contributed by atoms with E-state index < -0.39 is 42.9 Å². The van der Waals surface area contributed by atoms with Gasteiger partial charge >= 0.3 is 13.3 Å². The zero-order valence-corrected chi connectivity index (χ0v) is 25.7. The predicted octanol–water partition coefficient (Wildman–Crippen LogP) is 4.07. The molecule has 0 saturated carbocycles. The zero-order valence-electron chi connectivity index (χ0n) is 24.0. The summed E-state index contributed by atoms with van der Waals surface area (Å²) >= 11 is 1.00. The van der Waals surface area contributed by atoms with Crippen LogP contribution in [0.3, 0.4) is 0 Å². The second kappa shape index (κ2) is 12.2. The second-order valence-corrected chi connectivity index (χ2v) is 14.1. The zero-order chi connectivity index (χ0) is 32.0. The minimum absolute atomic E-state index is 0.142. The number of carbonyl (C=O) groups is 3. The monoisotopic (exact) mass is 650 g/mol. The molecule has 0 bridgehead atoms. The minimum atomic E-state index is -5.76. The van der Waals surface area contributed by atoms with E-state index in [1.165, 1.54) is 29.3 Å². The van der Waals surface area contributed by atoms with Gasteiger partial charge in [-0.15, -0.1) is 11.3 Å². The first kappa shape index (κ1) is 32.0. The number of H-pyrrole nitrogens is 1. The molecule has 4 N–H and O–H groups in total. The number of amides is 3. The maximum Gasteiger partial charge on any atom is 0.399 e. The Morgan fingerprint density at radius 2 is 1.84 bits per heavy atom. The number of carbonyl (C=O) groups excluding carboxylic acids is 3. The van der Waals surface area contributed by atoms with Gasteiger partial charge in [-0.3, -0.25) is 23.7 Å². The molecule has 2 saturated heterocycles. The van der Waals surface area contributed by atoms with Gasteiger partial charge < -0.3 is 29.9 Å². The summed E-state index contributed by atoms with van der Waals surface area (Å²) in [5.41, 5.74) is -4.88. The Morgan fingerprint density at radius 3 is 2.55 bits per heavy atom. The molecule has 2 aromatic heterocycles. The largest absolute Gasteiger partial charge is 0.399 e. The molecule has 2 aliphatic heterocycles. The van der Waals surface area contributed by atoms with Crippen molar-refractivity contribution in [2.45, 2.75) is 75.3 Å². The van der Waals surface area contributed by atoms with Crippen LogP contribution in [0.2, 0.25) is 0 Å². The Kier molecular flexibility index (Phi) is 8.83. The van der Waals surface area contributed by atoms with Gasteiger partial charge in [-0.1, -0.05) is 18.9 Å². The van der Waals surface area contributed by atoms with Crippen LogP contribution in [0.25, 0.3) is 10.1 Å². The molecular weight excluding hydrogens is 617 g/mol. The van der Waals surface area contributed by atoms with Gasteiger partial charge in [0.25, 0.3) is 5.91 Å². The quantitative estimate of drug-likeness (QED) is 0.281. The van der Waals surface area contributed by atoms with Gasteiger partial charge in [0, 0.05) is 35.6 Å². The molecule has 4 heterocycles. The molecule has 236 valence electrons. The van der Waals surface area contributed by atoms with Crippen LogP contribution in [-0.2, 0) is 19.8 Å². The molecule has 0 aliphatic carbocycles. The van der Waals surface area contributed by atoms with Crippen LogP contribution in [0.15, 0.2) is 47.4 Å². The van der Waals surface area contributed by atoms with Crippen molar-refractivity contribution in [1.82, 2.24) is 20.1 Å². The second-order valence-electron chi connectivity index (χ2n) is 11.4. The SMILES string of the molecule is CC(c1cc[nH]c(=O)c1)N(C)C(=O)[C@@H]1CC[C@@H]2CCCCC(NC(=O)c3cc4cc(C(F)(F)P(=O)(O)O)ccc4s3)C(=O)N21. The summed E-state index contributed by atoms with van der Waals surface area (Å²) in [5.74, 6) is -1.21. The molecule has 3 aromatic rings. The highest BCUT2D eigenvalue weighted by molar-refractivity contribution is 7.52. The molecule has 2 aliphatic rings. The number of pyridine rings is 1. The van der Waals surface area contributed by atoms with E-state index in [0.717, 1.165) is 36.3 Å². The number of nitrogens with one attached hydrogen (secondary N) is 2. The summed E-state index contributed by atoms with van der Waals surface area (Å²) in [4.78, 5) is 76.8. The summed E-state index contributed by atoms with van der Waals surface area (Å²) < 4.78 is 40.3. The van der Waals surface area contributed by atoms with Crippen LogP contribution >= 0.6 is 18.9 Å². The van der Waals surface area contributed by atoms with Crippen molar-refractivity contribution in [3.05, 3.63) is 69.0 Å². The first-order chi connectivity index (χ1) is 20.7. The molecule has 44 heavy (non-hydrogen) atoms. The average Bonchev–Trinajstić information content (AvgIpc) is 3.59. The molecule has 0 radical (unpaired) electrons. The smallest absolute Gasteiger partial charge is 0.340 e. The Labute approximate surface area is 255 Å². The normalized spacial score (nSPS) is 21.8. The third-order valence-corrected chi connectivity index (χ3v) is 10.7. The number of hydrogen-bond donors (Lipinski definition) is 4. The maximum absolute atomic E-state index is 14.2. The molecular formula is C29H33F2N4O7PS. The fourth-order valence-corrected chi connectivity index (χ4v) is 7.44. The maximum atomic E-state index is 14.2. The van der Waals surface area contributed by atoms with Crippen molar-refractivity contribution >= 4 is 46.7 Å². The van der Waals surface area contributed by atoms with Crippen LogP contribution < -0.4 is 10.9 Å². The van der Waals surface area contributed by atoms with Crippen LogP contribution in [-0.4, -0.2) is 67.5 Å². The van der Waals surface area contributed by atoms with E-state index in [1.807, 2.05) is 0 Å². The number of alkyl halides is 2. The van der Waals surface area contributed by atoms with Gasteiger partial charge in [-0.2, -0.15) is 8.78 Å². The molecule has 11 nitrogen and oxygen atoms in total. The number of benzene rings is 1. The van der Waals surface area contributed by atoms with Crippen molar-refractivity contribution in [3.63, 3.8) is 0 Å². The molecule has 2 unspecified atom stereocenters. The van der Waals surface area contributed by atoms with E-state index in [-0.39, 0.29) is 33.7 Å². The number of hydrogen-bond acceptors (Lipinski definition) is 6. The van der Waals surface area contributed by atoms with Crippen LogP contribution in [0.1, 0.15) is 72.3 Å². The standard InChI is InChI=1S/C29H33F2N4O7PS/c1-16(17-11-12-32-25(36)15-17)34(2)28(39)22-9-8-20-5-3-4-6-21(27(38)35(20)22)33-26(37)24-14-18-13-19(7-10-23(18)44-24)29(30,31)43(40,41)42/h7,10-16,20-22H,3-6,8-9H2,1-2H3,(H,32,36)(H,33,37)(H2,40,41,42)/t16?,20-,21?,22-/m0/s1. The van der Waals surface area contributed by atoms with E-state index in [2.05, 4.69) is 10.3 Å². The van der Waals surface area contributed by atoms with Gasteiger partial charge in [0.1, 0.15) is 12.1 Å². The summed E-state index contributed by atoms with van der Waals surface area (Å²) in [6, 6.07) is 5.41. The Morgan fingerprint density at radius 1 is 1.11 bits per heavy atom. The first-order valence-corrected chi connectivity index (χ1v) is 16.7. The molecule has 2 fully saturated rings. The lowest BCUT2D eigenvalue weighted by atomic mass is 9.98. The lowest BCUT2D eigenvalue weighted by molar-refractivity contribution is -0.147. The number of fused-ring (bicyclic) bond motifs is 2. The van der Waals surface area contributed by atoms with Crippen LogP contribution in [0, 0.1) is 0 Å².